The van der Waals surface area contributed by atoms with Crippen molar-refractivity contribution >= 4 is 55.8 Å². The van der Waals surface area contributed by atoms with Gasteiger partial charge >= 0.3 is 0 Å². The van der Waals surface area contributed by atoms with Gasteiger partial charge in [-0.1, -0.05) is 48.5 Å². The second kappa shape index (κ2) is 9.87. The highest BCUT2D eigenvalue weighted by Gasteiger charge is 2.12. The van der Waals surface area contributed by atoms with Crippen LogP contribution in [0.1, 0.15) is 0 Å². The number of nitrogens with one attached hydrogen (secondary N) is 4. The van der Waals surface area contributed by atoms with Gasteiger partial charge in [-0.2, -0.15) is 0 Å². The zero-order chi connectivity index (χ0) is 27.9. The van der Waals surface area contributed by atoms with Gasteiger partial charge in [0.1, 0.15) is 11.6 Å². The first-order valence-electron chi connectivity index (χ1n) is 13.7. The number of hydrogen-bond donors (Lipinski definition) is 4. The quantitative estimate of drug-likeness (QED) is 0.168. The lowest BCUT2D eigenvalue weighted by atomic mass is 10.1. The fraction of sp³-hybridized carbons (Fsp3) is 0. The van der Waals surface area contributed by atoms with Crippen molar-refractivity contribution in [3.05, 3.63) is 121 Å². The minimum atomic E-state index is 0.688. The average Bonchev–Trinajstić information content (AvgIpc) is 3.68. The monoisotopic (exact) mass is 544 g/mol. The van der Waals surface area contributed by atoms with Gasteiger partial charge < -0.3 is 20.6 Å². The molecule has 0 fully saturated rings. The maximum Gasteiger partial charge on any atom is 0.161 e. The minimum Gasteiger partial charge on any atom is -0.338 e. The molecule has 4 N–H and O–H groups in total. The van der Waals surface area contributed by atoms with Crippen molar-refractivity contribution in [2.45, 2.75) is 0 Å². The molecule has 0 aliphatic heterocycles. The van der Waals surface area contributed by atoms with Crippen LogP contribution in [0, 0.1) is 0 Å². The molecule has 0 saturated carbocycles. The molecule has 0 spiro atoms. The molecule has 0 bridgehead atoms. The Morgan fingerprint density at radius 2 is 0.833 bits per heavy atom. The smallest absolute Gasteiger partial charge is 0.161 e. The second-order valence-corrected chi connectivity index (χ2v) is 10.1. The average molecular weight is 545 g/mol. The Kier molecular flexibility index (Phi) is 5.60. The van der Waals surface area contributed by atoms with E-state index >= 15 is 0 Å². The number of H-pyrrole nitrogens is 2. The van der Waals surface area contributed by atoms with Crippen molar-refractivity contribution < 1.29 is 0 Å². The van der Waals surface area contributed by atoms with Crippen molar-refractivity contribution in [3.8, 4) is 22.8 Å². The lowest BCUT2D eigenvalue weighted by Crippen LogP contribution is -2.01. The van der Waals surface area contributed by atoms with Gasteiger partial charge in [0.2, 0.25) is 0 Å². The highest BCUT2D eigenvalue weighted by Crippen LogP contribution is 2.31. The standard InChI is InChI=1S/C34H24N8/c1-2-8-26-25(7-1)33(35-23-17-13-21(14-18-23)31-37-27-9-3-4-10-28(27)38-31)41-42-34(26)36-24-19-15-22(16-20-24)32-39-29-11-5-6-12-30(29)40-32/h1-20H,(H,35,41)(H,36,42)(H,37,38)(H,39,40). The SMILES string of the molecule is c1ccc2[nH]c(-c3ccc(Nc4nnc(Nc5ccc(-c6nc7ccccc7[nH]6)cc5)c5ccccc45)cc3)nc2c1. The van der Waals surface area contributed by atoms with E-state index in [-0.39, 0.29) is 0 Å². The molecule has 3 heterocycles. The van der Waals surface area contributed by atoms with Crippen LogP contribution in [0.2, 0.25) is 0 Å². The van der Waals surface area contributed by atoms with Crippen molar-refractivity contribution in [3.63, 3.8) is 0 Å². The summed E-state index contributed by atoms with van der Waals surface area (Å²) < 4.78 is 0. The summed E-state index contributed by atoms with van der Waals surface area (Å²) >= 11 is 0. The maximum absolute atomic E-state index is 4.70. The van der Waals surface area contributed by atoms with Gasteiger partial charge in [-0.3, -0.25) is 0 Å². The van der Waals surface area contributed by atoms with Gasteiger partial charge in [-0.15, -0.1) is 10.2 Å². The molecule has 0 unspecified atom stereocenters. The Bertz CT molecular complexity index is 1970. The van der Waals surface area contributed by atoms with Crippen LogP contribution in [0.15, 0.2) is 121 Å². The van der Waals surface area contributed by atoms with Crippen LogP contribution in [0.5, 0.6) is 0 Å². The molecule has 8 heteroatoms. The molecule has 0 aliphatic carbocycles. The third-order valence-electron chi connectivity index (χ3n) is 7.31. The van der Waals surface area contributed by atoms with Gasteiger partial charge in [0.05, 0.1) is 22.1 Å². The van der Waals surface area contributed by atoms with E-state index < -0.39 is 0 Å². The van der Waals surface area contributed by atoms with Crippen LogP contribution in [0.25, 0.3) is 55.6 Å². The summed E-state index contributed by atoms with van der Waals surface area (Å²) in [7, 11) is 0. The molecule has 3 aromatic heterocycles. The Morgan fingerprint density at radius 3 is 1.26 bits per heavy atom. The second-order valence-electron chi connectivity index (χ2n) is 10.1. The molecule has 8 nitrogen and oxygen atoms in total. The predicted octanol–water partition coefficient (Wildman–Crippen LogP) is 8.20. The van der Waals surface area contributed by atoms with Gasteiger partial charge in [0.25, 0.3) is 0 Å². The predicted molar refractivity (Wildman–Crippen MR) is 169 cm³/mol. The summed E-state index contributed by atoms with van der Waals surface area (Å²) in [5.41, 5.74) is 7.80. The van der Waals surface area contributed by atoms with Crippen molar-refractivity contribution in [1.82, 2.24) is 30.1 Å². The van der Waals surface area contributed by atoms with Gasteiger partial charge in [-0.05, 0) is 72.8 Å². The molecular formula is C34H24N8. The molecular weight excluding hydrogens is 520 g/mol. The highest BCUT2D eigenvalue weighted by molar-refractivity contribution is 6.00. The molecule has 0 aliphatic rings. The van der Waals surface area contributed by atoms with Crippen LogP contribution < -0.4 is 10.6 Å². The van der Waals surface area contributed by atoms with Gasteiger partial charge in [0.15, 0.2) is 11.6 Å². The normalized spacial score (nSPS) is 11.3. The van der Waals surface area contributed by atoms with E-state index in [1.54, 1.807) is 0 Å². The Hall–Kier alpha value is -6.02. The van der Waals surface area contributed by atoms with Crippen molar-refractivity contribution in [2.24, 2.45) is 0 Å². The minimum absolute atomic E-state index is 0.688. The number of aromatic amines is 2. The third-order valence-corrected chi connectivity index (χ3v) is 7.31. The summed E-state index contributed by atoms with van der Waals surface area (Å²) in [6.07, 6.45) is 0. The summed E-state index contributed by atoms with van der Waals surface area (Å²) in [5.74, 6) is 3.06. The van der Waals surface area contributed by atoms with Gasteiger partial charge in [-0.25, -0.2) is 9.97 Å². The Morgan fingerprint density at radius 1 is 0.429 bits per heavy atom. The number of fused-ring (bicyclic) bond motifs is 3. The number of imidazole rings is 2. The number of aromatic nitrogens is 6. The molecule has 0 saturated heterocycles. The van der Waals surface area contributed by atoms with Crippen molar-refractivity contribution in [1.29, 1.82) is 0 Å². The number of para-hydroxylation sites is 4. The molecule has 5 aromatic carbocycles. The first-order valence-corrected chi connectivity index (χ1v) is 13.7. The molecule has 8 aromatic rings. The zero-order valence-electron chi connectivity index (χ0n) is 22.3. The summed E-state index contributed by atoms with van der Waals surface area (Å²) in [5, 5.41) is 17.9. The van der Waals surface area contributed by atoms with E-state index in [0.29, 0.717) is 11.6 Å². The topological polar surface area (TPSA) is 107 Å². The Balaban J connectivity index is 1.03. The number of rotatable bonds is 6. The molecule has 42 heavy (non-hydrogen) atoms. The molecule has 200 valence electrons. The molecule has 0 amide bonds. The summed E-state index contributed by atoms with van der Waals surface area (Å²) in [6.45, 7) is 0. The third kappa shape index (κ3) is 4.37. The molecule has 8 rings (SSSR count). The van der Waals surface area contributed by atoms with E-state index in [0.717, 1.165) is 67.0 Å². The summed E-state index contributed by atoms with van der Waals surface area (Å²) in [4.78, 5) is 16.2. The molecule has 0 atom stereocenters. The lowest BCUT2D eigenvalue weighted by Gasteiger charge is -2.13. The molecule has 0 radical (unpaired) electrons. The van der Waals surface area contributed by atoms with Crippen LogP contribution in [-0.4, -0.2) is 30.1 Å². The van der Waals surface area contributed by atoms with E-state index in [1.165, 1.54) is 0 Å². The van der Waals surface area contributed by atoms with Crippen LogP contribution in [0.4, 0.5) is 23.0 Å². The fourth-order valence-corrected chi connectivity index (χ4v) is 5.16. The van der Waals surface area contributed by atoms with Crippen LogP contribution in [0.3, 0.4) is 0 Å². The van der Waals surface area contributed by atoms with E-state index in [4.69, 9.17) is 9.97 Å². The summed E-state index contributed by atoms with van der Waals surface area (Å²) in [6, 6.07) is 40.4. The number of hydrogen-bond acceptors (Lipinski definition) is 6. The zero-order valence-corrected chi connectivity index (χ0v) is 22.3. The number of anilines is 4. The van der Waals surface area contributed by atoms with Crippen LogP contribution >= 0.6 is 0 Å². The number of benzene rings is 5. The lowest BCUT2D eigenvalue weighted by molar-refractivity contribution is 1.06. The maximum atomic E-state index is 4.70. The fourth-order valence-electron chi connectivity index (χ4n) is 5.16. The van der Waals surface area contributed by atoms with Crippen LogP contribution in [-0.2, 0) is 0 Å². The highest BCUT2D eigenvalue weighted by atomic mass is 15.2. The van der Waals surface area contributed by atoms with E-state index in [9.17, 15) is 0 Å². The van der Waals surface area contributed by atoms with Gasteiger partial charge in [0, 0.05) is 33.3 Å². The van der Waals surface area contributed by atoms with Crippen molar-refractivity contribution in [2.75, 3.05) is 10.6 Å². The largest absolute Gasteiger partial charge is 0.338 e. The van der Waals surface area contributed by atoms with E-state index in [1.807, 2.05) is 121 Å². The van der Waals surface area contributed by atoms with E-state index in [2.05, 4.69) is 30.8 Å². The first kappa shape index (κ1) is 23.8. The Labute approximate surface area is 240 Å². The first-order chi connectivity index (χ1) is 20.8. The number of nitrogens with zero attached hydrogens (tertiary/aromatic N) is 4.